The highest BCUT2D eigenvalue weighted by Gasteiger charge is 2.16. The number of nitrogens with zero attached hydrogens (tertiary/aromatic N) is 1. The Morgan fingerprint density at radius 3 is 2.17 bits per heavy atom. The number of hydrogen-bond acceptors (Lipinski definition) is 3. The van der Waals surface area contributed by atoms with E-state index in [1.165, 1.54) is 5.56 Å². The second kappa shape index (κ2) is 9.21. The Hall–Kier alpha value is -2.17. The van der Waals surface area contributed by atoms with E-state index in [1.807, 2.05) is 48.5 Å². The molecule has 0 bridgehead atoms. The van der Waals surface area contributed by atoms with Crippen molar-refractivity contribution in [3.63, 3.8) is 0 Å². The Labute approximate surface area is 144 Å². The van der Waals surface area contributed by atoms with Crippen LogP contribution in [0, 0.1) is 0 Å². The molecule has 2 rings (SSSR count). The van der Waals surface area contributed by atoms with Crippen LogP contribution in [-0.2, 0) is 17.8 Å². The van der Waals surface area contributed by atoms with Crippen molar-refractivity contribution in [2.24, 2.45) is 5.73 Å². The third-order valence-electron chi connectivity index (χ3n) is 4.23. The minimum atomic E-state index is -0.515. The lowest BCUT2D eigenvalue weighted by atomic mass is 10.1. The van der Waals surface area contributed by atoms with Gasteiger partial charge >= 0.3 is 0 Å². The van der Waals surface area contributed by atoms with Gasteiger partial charge < -0.3 is 11.1 Å². The van der Waals surface area contributed by atoms with Crippen LogP contribution in [0.3, 0.4) is 0 Å². The monoisotopic (exact) mass is 325 g/mol. The van der Waals surface area contributed by atoms with Crippen molar-refractivity contribution >= 4 is 5.91 Å². The molecule has 0 aromatic heterocycles. The minimum Gasteiger partial charge on any atom is -0.353 e. The first-order valence-electron chi connectivity index (χ1n) is 8.37. The predicted molar refractivity (Wildman–Crippen MR) is 98.5 cm³/mol. The maximum absolute atomic E-state index is 12.2. The summed E-state index contributed by atoms with van der Waals surface area (Å²) in [6, 6.07) is 19.9. The molecule has 3 N–H and O–H groups in total. The third-order valence-corrected chi connectivity index (χ3v) is 4.23. The van der Waals surface area contributed by atoms with Crippen molar-refractivity contribution in [1.29, 1.82) is 0 Å². The molecule has 2 atom stereocenters. The van der Waals surface area contributed by atoms with Crippen LogP contribution < -0.4 is 11.1 Å². The lowest BCUT2D eigenvalue weighted by molar-refractivity contribution is -0.122. The molecule has 2 aromatic rings. The second-order valence-corrected chi connectivity index (χ2v) is 6.29. The fourth-order valence-electron chi connectivity index (χ4n) is 2.52. The zero-order chi connectivity index (χ0) is 17.4. The summed E-state index contributed by atoms with van der Waals surface area (Å²) in [5.74, 6) is -0.0983. The summed E-state index contributed by atoms with van der Waals surface area (Å²) >= 11 is 0. The van der Waals surface area contributed by atoms with Crippen LogP contribution in [0.4, 0.5) is 0 Å². The SMILES string of the molecule is CC(CNC(=O)C(N)Cc1ccccc1)N(C)Cc1ccccc1. The van der Waals surface area contributed by atoms with Gasteiger partial charge in [0.15, 0.2) is 0 Å². The van der Waals surface area contributed by atoms with Crippen LogP contribution in [0.15, 0.2) is 60.7 Å². The molecule has 4 heteroatoms. The molecule has 4 nitrogen and oxygen atoms in total. The predicted octanol–water partition coefficient (Wildman–Crippen LogP) is 2.19. The number of rotatable bonds is 8. The fraction of sp³-hybridized carbons (Fsp3) is 0.350. The van der Waals surface area contributed by atoms with Crippen LogP contribution >= 0.6 is 0 Å². The molecule has 24 heavy (non-hydrogen) atoms. The maximum atomic E-state index is 12.2. The summed E-state index contributed by atoms with van der Waals surface area (Å²) < 4.78 is 0. The average molecular weight is 325 g/mol. The van der Waals surface area contributed by atoms with Crippen LogP contribution in [0.25, 0.3) is 0 Å². The minimum absolute atomic E-state index is 0.0983. The van der Waals surface area contributed by atoms with E-state index in [2.05, 4.69) is 36.3 Å². The molecular weight excluding hydrogens is 298 g/mol. The summed E-state index contributed by atoms with van der Waals surface area (Å²) in [5.41, 5.74) is 8.35. The van der Waals surface area contributed by atoms with Gasteiger partial charge in [-0.05, 0) is 31.5 Å². The Balaban J connectivity index is 1.75. The van der Waals surface area contributed by atoms with E-state index in [0.29, 0.717) is 13.0 Å². The molecule has 0 aliphatic heterocycles. The molecule has 0 radical (unpaired) electrons. The number of amides is 1. The van der Waals surface area contributed by atoms with E-state index in [9.17, 15) is 4.79 Å². The van der Waals surface area contributed by atoms with E-state index < -0.39 is 6.04 Å². The highest BCUT2D eigenvalue weighted by Crippen LogP contribution is 2.06. The van der Waals surface area contributed by atoms with Gasteiger partial charge in [0.2, 0.25) is 5.91 Å². The van der Waals surface area contributed by atoms with E-state index in [1.54, 1.807) is 0 Å². The van der Waals surface area contributed by atoms with Gasteiger partial charge in [0, 0.05) is 19.1 Å². The van der Waals surface area contributed by atoms with Crippen LogP contribution in [0.1, 0.15) is 18.1 Å². The maximum Gasteiger partial charge on any atom is 0.237 e. The van der Waals surface area contributed by atoms with Crippen molar-refractivity contribution < 1.29 is 4.79 Å². The van der Waals surface area contributed by atoms with Crippen molar-refractivity contribution in [2.75, 3.05) is 13.6 Å². The van der Waals surface area contributed by atoms with Crippen LogP contribution in [0.5, 0.6) is 0 Å². The molecule has 2 unspecified atom stereocenters. The van der Waals surface area contributed by atoms with Gasteiger partial charge in [-0.2, -0.15) is 0 Å². The lowest BCUT2D eigenvalue weighted by Gasteiger charge is -2.25. The number of hydrogen-bond donors (Lipinski definition) is 2. The third kappa shape index (κ3) is 5.80. The molecule has 0 aliphatic carbocycles. The van der Waals surface area contributed by atoms with Gasteiger partial charge in [-0.1, -0.05) is 60.7 Å². The molecule has 0 aliphatic rings. The summed E-state index contributed by atoms with van der Waals surface area (Å²) in [4.78, 5) is 14.4. The lowest BCUT2D eigenvalue weighted by Crippen LogP contribution is -2.46. The van der Waals surface area contributed by atoms with E-state index in [-0.39, 0.29) is 11.9 Å². The number of likely N-dealkylation sites (N-methyl/N-ethyl adjacent to an activating group) is 1. The molecule has 0 saturated carbocycles. The smallest absolute Gasteiger partial charge is 0.237 e. The largest absolute Gasteiger partial charge is 0.353 e. The van der Waals surface area contributed by atoms with Gasteiger partial charge in [0.25, 0.3) is 0 Å². The summed E-state index contributed by atoms with van der Waals surface area (Å²) in [6.45, 7) is 3.55. The Morgan fingerprint density at radius 2 is 1.58 bits per heavy atom. The van der Waals surface area contributed by atoms with Crippen LogP contribution in [-0.4, -0.2) is 36.5 Å². The zero-order valence-corrected chi connectivity index (χ0v) is 14.5. The quantitative estimate of drug-likeness (QED) is 0.782. The first kappa shape index (κ1) is 18.2. The number of carbonyl (C=O) groups excluding carboxylic acids is 1. The van der Waals surface area contributed by atoms with E-state index >= 15 is 0 Å². The van der Waals surface area contributed by atoms with Gasteiger partial charge in [-0.15, -0.1) is 0 Å². The fourth-order valence-corrected chi connectivity index (χ4v) is 2.52. The summed E-state index contributed by atoms with van der Waals surface area (Å²) in [7, 11) is 2.06. The number of nitrogens with two attached hydrogens (primary N) is 1. The van der Waals surface area contributed by atoms with Crippen molar-refractivity contribution in [3.8, 4) is 0 Å². The molecule has 128 valence electrons. The molecule has 0 spiro atoms. The second-order valence-electron chi connectivity index (χ2n) is 6.29. The highest BCUT2D eigenvalue weighted by atomic mass is 16.2. The van der Waals surface area contributed by atoms with Crippen molar-refractivity contribution in [1.82, 2.24) is 10.2 Å². The first-order valence-corrected chi connectivity index (χ1v) is 8.37. The van der Waals surface area contributed by atoms with Gasteiger partial charge in [-0.25, -0.2) is 0 Å². The molecule has 0 heterocycles. The molecule has 2 aromatic carbocycles. The molecular formula is C20H27N3O. The van der Waals surface area contributed by atoms with Crippen molar-refractivity contribution in [3.05, 3.63) is 71.8 Å². The Kier molecular flexibility index (Phi) is 6.97. The topological polar surface area (TPSA) is 58.4 Å². The number of carbonyl (C=O) groups is 1. The number of benzene rings is 2. The average Bonchev–Trinajstić information content (AvgIpc) is 2.61. The van der Waals surface area contributed by atoms with Gasteiger partial charge in [0.05, 0.1) is 6.04 Å². The zero-order valence-electron chi connectivity index (χ0n) is 14.5. The summed E-state index contributed by atoms with van der Waals surface area (Å²) in [6.07, 6.45) is 0.556. The highest BCUT2D eigenvalue weighted by molar-refractivity contribution is 5.81. The number of nitrogens with one attached hydrogen (secondary N) is 1. The Bertz CT molecular complexity index is 615. The first-order chi connectivity index (χ1) is 11.6. The standard InChI is InChI=1S/C20H27N3O/c1-16(23(2)15-18-11-7-4-8-12-18)14-22-20(24)19(21)13-17-9-5-3-6-10-17/h3-12,16,19H,13-15,21H2,1-2H3,(H,22,24). The van der Waals surface area contributed by atoms with Crippen molar-refractivity contribution in [2.45, 2.75) is 32.0 Å². The molecule has 1 amide bonds. The Morgan fingerprint density at radius 1 is 1.04 bits per heavy atom. The van der Waals surface area contributed by atoms with Crippen LogP contribution in [0.2, 0.25) is 0 Å². The van der Waals surface area contributed by atoms with Gasteiger partial charge in [0.1, 0.15) is 0 Å². The molecule has 0 saturated heterocycles. The van der Waals surface area contributed by atoms with Gasteiger partial charge in [-0.3, -0.25) is 9.69 Å². The van der Waals surface area contributed by atoms with E-state index in [0.717, 1.165) is 12.1 Å². The summed E-state index contributed by atoms with van der Waals surface area (Å²) in [5, 5.41) is 2.96. The molecule has 0 fully saturated rings. The normalized spacial score (nSPS) is 13.5. The van der Waals surface area contributed by atoms with E-state index in [4.69, 9.17) is 5.73 Å².